The fourth-order valence-corrected chi connectivity index (χ4v) is 8.60. The van der Waals surface area contributed by atoms with Gasteiger partial charge in [-0.2, -0.15) is 0 Å². The average molecular weight is 737 g/mol. The highest BCUT2D eigenvalue weighted by Gasteiger charge is 2.16. The summed E-state index contributed by atoms with van der Waals surface area (Å²) in [7, 11) is 0. The number of benzene rings is 10. The Morgan fingerprint density at radius 2 is 0.776 bits per heavy atom. The Hall–Kier alpha value is -7.68. The summed E-state index contributed by atoms with van der Waals surface area (Å²) >= 11 is 0. The van der Waals surface area contributed by atoms with Crippen molar-refractivity contribution >= 4 is 43.1 Å². The molecule has 10 aromatic carbocycles. The zero-order chi connectivity index (χ0) is 38.4. The Kier molecular flexibility index (Phi) is 8.19. The van der Waals surface area contributed by atoms with Crippen LogP contribution < -0.4 is 0 Å². The van der Waals surface area contributed by atoms with Crippen molar-refractivity contribution in [2.45, 2.75) is 0 Å². The van der Waals surface area contributed by atoms with E-state index in [0.29, 0.717) is 5.82 Å². The normalized spacial score (nSPS) is 11.4. The molecule has 0 bridgehead atoms. The minimum atomic E-state index is 0.688. The van der Waals surface area contributed by atoms with E-state index in [0.717, 1.165) is 44.8 Å². The van der Waals surface area contributed by atoms with Gasteiger partial charge in [0.2, 0.25) is 0 Å². The molecule has 0 amide bonds. The quantitative estimate of drug-likeness (QED) is 0.125. The third-order valence-electron chi connectivity index (χ3n) is 11.5. The molecule has 0 fully saturated rings. The van der Waals surface area contributed by atoms with Crippen LogP contribution in [0.4, 0.5) is 0 Å². The molecular weight excluding hydrogens is 701 g/mol. The summed E-state index contributed by atoms with van der Waals surface area (Å²) < 4.78 is 0. The second kappa shape index (κ2) is 14.1. The van der Waals surface area contributed by atoms with Crippen LogP contribution in [0.15, 0.2) is 218 Å². The van der Waals surface area contributed by atoms with E-state index in [9.17, 15) is 0 Å². The molecule has 0 unspecified atom stereocenters. The summed E-state index contributed by atoms with van der Waals surface area (Å²) in [5.74, 6) is 0.688. The molecule has 0 aliphatic heterocycles. The molecule has 2 heteroatoms. The van der Waals surface area contributed by atoms with Gasteiger partial charge in [-0.15, -0.1) is 0 Å². The monoisotopic (exact) mass is 736 g/mol. The molecule has 1 heterocycles. The van der Waals surface area contributed by atoms with Gasteiger partial charge in [0, 0.05) is 16.7 Å². The second-order valence-corrected chi connectivity index (χ2v) is 14.9. The Morgan fingerprint density at radius 3 is 1.53 bits per heavy atom. The zero-order valence-electron chi connectivity index (χ0n) is 31.7. The van der Waals surface area contributed by atoms with Gasteiger partial charge in [-0.25, -0.2) is 9.97 Å². The smallest absolute Gasteiger partial charge is 0.160 e. The lowest BCUT2D eigenvalue weighted by atomic mass is 9.89. The Bertz CT molecular complexity index is 3320. The highest BCUT2D eigenvalue weighted by Crippen LogP contribution is 2.40. The van der Waals surface area contributed by atoms with E-state index < -0.39 is 0 Å². The number of hydrogen-bond donors (Lipinski definition) is 0. The zero-order valence-corrected chi connectivity index (χ0v) is 31.7. The number of aromatic nitrogens is 2. The largest absolute Gasteiger partial charge is 0.228 e. The molecule has 1 aromatic heterocycles. The summed E-state index contributed by atoms with van der Waals surface area (Å²) in [6.45, 7) is 0. The molecule has 270 valence electrons. The molecule has 0 spiro atoms. The van der Waals surface area contributed by atoms with Crippen LogP contribution in [-0.2, 0) is 0 Å². The third kappa shape index (κ3) is 6.00. The number of nitrogens with zero attached hydrogens (tertiary/aromatic N) is 2. The molecule has 2 nitrogen and oxygen atoms in total. The van der Waals surface area contributed by atoms with E-state index in [1.807, 2.05) is 0 Å². The molecule has 0 aliphatic carbocycles. The average Bonchev–Trinajstić information content (AvgIpc) is 3.31. The highest BCUT2D eigenvalue weighted by atomic mass is 14.9. The predicted molar refractivity (Wildman–Crippen MR) is 245 cm³/mol. The van der Waals surface area contributed by atoms with Crippen LogP contribution in [0.2, 0.25) is 0 Å². The van der Waals surface area contributed by atoms with Gasteiger partial charge in [0.05, 0.1) is 11.4 Å². The first-order valence-corrected chi connectivity index (χ1v) is 19.8. The summed E-state index contributed by atoms with van der Waals surface area (Å²) in [5.41, 5.74) is 11.9. The summed E-state index contributed by atoms with van der Waals surface area (Å²) in [4.78, 5) is 10.6. The van der Waals surface area contributed by atoms with Crippen molar-refractivity contribution < 1.29 is 0 Å². The van der Waals surface area contributed by atoms with Crippen LogP contribution in [0.3, 0.4) is 0 Å². The van der Waals surface area contributed by atoms with Crippen LogP contribution in [-0.4, -0.2) is 9.97 Å². The molecule has 0 saturated carbocycles. The number of rotatable bonds is 6. The van der Waals surface area contributed by atoms with Gasteiger partial charge >= 0.3 is 0 Å². The molecule has 0 atom stereocenters. The van der Waals surface area contributed by atoms with Crippen molar-refractivity contribution in [3.05, 3.63) is 218 Å². The van der Waals surface area contributed by atoms with Crippen LogP contribution in [0, 0.1) is 0 Å². The Morgan fingerprint density at radius 1 is 0.241 bits per heavy atom. The fraction of sp³-hybridized carbons (Fsp3) is 0. The van der Waals surface area contributed by atoms with Gasteiger partial charge in [0.25, 0.3) is 0 Å². The maximum atomic E-state index is 5.30. The number of hydrogen-bond acceptors (Lipinski definition) is 2. The van der Waals surface area contributed by atoms with Crippen molar-refractivity contribution in [3.8, 4) is 67.3 Å². The molecule has 0 N–H and O–H groups in total. The minimum absolute atomic E-state index is 0.688. The summed E-state index contributed by atoms with van der Waals surface area (Å²) in [6.07, 6.45) is 0. The Labute approximate surface area is 337 Å². The molecule has 11 aromatic rings. The molecule has 11 rings (SSSR count). The Balaban J connectivity index is 1.06. The first-order valence-electron chi connectivity index (χ1n) is 19.8. The summed E-state index contributed by atoms with van der Waals surface area (Å²) in [5, 5.41) is 9.95. The van der Waals surface area contributed by atoms with E-state index in [-0.39, 0.29) is 0 Å². The second-order valence-electron chi connectivity index (χ2n) is 14.9. The van der Waals surface area contributed by atoms with Gasteiger partial charge in [-0.1, -0.05) is 194 Å². The van der Waals surface area contributed by atoms with Crippen molar-refractivity contribution in [3.63, 3.8) is 0 Å². The first kappa shape index (κ1) is 33.6. The van der Waals surface area contributed by atoms with Crippen LogP contribution in [0.1, 0.15) is 0 Å². The van der Waals surface area contributed by atoms with Gasteiger partial charge in [-0.3, -0.25) is 0 Å². The maximum absolute atomic E-state index is 5.30. The lowest BCUT2D eigenvalue weighted by Crippen LogP contribution is -1.96. The summed E-state index contributed by atoms with van der Waals surface area (Å²) in [6, 6.07) is 78.2. The van der Waals surface area contributed by atoms with Crippen molar-refractivity contribution in [2.24, 2.45) is 0 Å². The predicted octanol–water partition coefficient (Wildman–Crippen LogP) is 15.1. The van der Waals surface area contributed by atoms with Crippen LogP contribution >= 0.6 is 0 Å². The van der Waals surface area contributed by atoms with Crippen LogP contribution in [0.25, 0.3) is 110 Å². The number of fused-ring (bicyclic) bond motifs is 5. The minimum Gasteiger partial charge on any atom is -0.228 e. The van der Waals surface area contributed by atoms with Gasteiger partial charge in [0.1, 0.15) is 0 Å². The van der Waals surface area contributed by atoms with Crippen molar-refractivity contribution in [2.75, 3.05) is 0 Å². The van der Waals surface area contributed by atoms with E-state index in [4.69, 9.17) is 9.97 Å². The van der Waals surface area contributed by atoms with Crippen molar-refractivity contribution in [1.82, 2.24) is 9.97 Å². The van der Waals surface area contributed by atoms with E-state index in [1.54, 1.807) is 0 Å². The molecule has 0 aliphatic rings. The van der Waals surface area contributed by atoms with Crippen molar-refractivity contribution in [1.29, 1.82) is 0 Å². The third-order valence-corrected chi connectivity index (χ3v) is 11.5. The van der Waals surface area contributed by atoms with E-state index >= 15 is 0 Å². The maximum Gasteiger partial charge on any atom is 0.160 e. The molecule has 58 heavy (non-hydrogen) atoms. The SMILES string of the molecule is c1ccc(-c2cccc(-c3cc(-c4cccc(-c5cccc6ccccc56)c4)nc(-c4ccc(-c5c6ccccc6cc6c5ccc5ccccc56)cc4)n3)c2)cc1. The standard InChI is InChI=1S/C56H36N2/c1-2-13-37(14-3-1)42-19-10-21-45(33-42)53-36-54(46-22-11-20-43(34-46)49-26-12-18-38-15-4-7-23-47(38)49)58-56(57-53)41-29-27-40(28-30-41)55-50-25-9-6-17-44(50)35-52-48-24-8-5-16-39(48)31-32-51(52)55/h1-36H. The topological polar surface area (TPSA) is 25.8 Å². The fourth-order valence-electron chi connectivity index (χ4n) is 8.60. The molecule has 0 radical (unpaired) electrons. The van der Waals surface area contributed by atoms with Crippen LogP contribution in [0.5, 0.6) is 0 Å². The highest BCUT2D eigenvalue weighted by molar-refractivity contribution is 6.20. The van der Waals surface area contributed by atoms with E-state index in [2.05, 4.69) is 218 Å². The van der Waals surface area contributed by atoms with Gasteiger partial charge < -0.3 is 0 Å². The van der Waals surface area contributed by atoms with Gasteiger partial charge in [0.15, 0.2) is 5.82 Å². The molecular formula is C56H36N2. The van der Waals surface area contributed by atoms with Gasteiger partial charge in [-0.05, 0) is 101 Å². The lowest BCUT2D eigenvalue weighted by Gasteiger charge is -2.15. The van der Waals surface area contributed by atoms with E-state index in [1.165, 1.54) is 59.8 Å². The lowest BCUT2D eigenvalue weighted by molar-refractivity contribution is 1.18. The first-order chi connectivity index (χ1) is 28.7. The molecule has 0 saturated heterocycles.